The van der Waals surface area contributed by atoms with Crippen LogP contribution in [0.3, 0.4) is 0 Å². The van der Waals surface area contributed by atoms with Crippen molar-refractivity contribution >= 4 is 21.9 Å². The summed E-state index contributed by atoms with van der Waals surface area (Å²) in [6.45, 7) is 3.55. The standard InChI is InChI=1S/C17H22BrNO3/c18-14-3-1-13(2-4-14)17(16(20)21)7-5-15(6-8-17)19-9-11-22-12-10-19/h1-4,15H,5-12H2,(H,20,21). The Hall–Kier alpha value is -0.910. The van der Waals surface area contributed by atoms with Gasteiger partial charge in [0.2, 0.25) is 0 Å². The van der Waals surface area contributed by atoms with Crippen LogP contribution in [0.5, 0.6) is 0 Å². The van der Waals surface area contributed by atoms with Crippen LogP contribution in [0.1, 0.15) is 31.2 Å². The van der Waals surface area contributed by atoms with E-state index < -0.39 is 11.4 Å². The molecule has 2 fully saturated rings. The van der Waals surface area contributed by atoms with Gasteiger partial charge in [0.1, 0.15) is 0 Å². The Morgan fingerprint density at radius 2 is 1.77 bits per heavy atom. The number of carboxylic acid groups (broad SMARTS) is 1. The third-order valence-corrected chi connectivity index (χ3v) is 5.71. The zero-order chi connectivity index (χ0) is 15.6. The minimum Gasteiger partial charge on any atom is -0.481 e. The van der Waals surface area contributed by atoms with Gasteiger partial charge in [-0.25, -0.2) is 0 Å². The second kappa shape index (κ2) is 6.69. The summed E-state index contributed by atoms with van der Waals surface area (Å²) in [5, 5.41) is 9.86. The lowest BCUT2D eigenvalue weighted by atomic mass is 9.68. The van der Waals surface area contributed by atoms with E-state index >= 15 is 0 Å². The normalized spacial score (nSPS) is 30.1. The quantitative estimate of drug-likeness (QED) is 0.891. The van der Waals surface area contributed by atoms with Crippen molar-refractivity contribution in [3.8, 4) is 0 Å². The van der Waals surface area contributed by atoms with Crippen LogP contribution in [0.4, 0.5) is 0 Å². The van der Waals surface area contributed by atoms with Crippen LogP contribution in [0.25, 0.3) is 0 Å². The summed E-state index contributed by atoms with van der Waals surface area (Å²) in [5.41, 5.74) is 0.215. The lowest BCUT2D eigenvalue weighted by Crippen LogP contribution is -2.49. The summed E-state index contributed by atoms with van der Waals surface area (Å²) < 4.78 is 6.39. The number of aliphatic carboxylic acids is 1. The molecule has 1 aromatic carbocycles. The summed E-state index contributed by atoms with van der Waals surface area (Å²) in [7, 11) is 0. The number of carboxylic acids is 1. The molecule has 0 unspecified atom stereocenters. The number of morpholine rings is 1. The fourth-order valence-corrected chi connectivity index (χ4v) is 4.06. The van der Waals surface area contributed by atoms with Crippen LogP contribution in [-0.2, 0) is 14.9 Å². The molecule has 4 nitrogen and oxygen atoms in total. The van der Waals surface area contributed by atoms with Gasteiger partial charge < -0.3 is 9.84 Å². The lowest BCUT2D eigenvalue weighted by molar-refractivity contribution is -0.146. The maximum atomic E-state index is 12.0. The van der Waals surface area contributed by atoms with Crippen LogP contribution in [0.15, 0.2) is 28.7 Å². The molecule has 0 aromatic heterocycles. The van der Waals surface area contributed by atoms with E-state index in [2.05, 4.69) is 20.8 Å². The largest absolute Gasteiger partial charge is 0.481 e. The Morgan fingerprint density at radius 1 is 1.18 bits per heavy atom. The van der Waals surface area contributed by atoms with E-state index in [-0.39, 0.29) is 0 Å². The minimum atomic E-state index is -0.719. The highest BCUT2D eigenvalue weighted by atomic mass is 79.9. The molecule has 1 saturated carbocycles. The summed E-state index contributed by atoms with van der Waals surface area (Å²) in [6.07, 6.45) is 3.32. The molecule has 1 aromatic rings. The topological polar surface area (TPSA) is 49.8 Å². The second-order valence-corrected chi connectivity index (χ2v) is 7.19. The van der Waals surface area contributed by atoms with E-state index in [0.29, 0.717) is 18.9 Å². The van der Waals surface area contributed by atoms with Crippen molar-refractivity contribution in [3.05, 3.63) is 34.3 Å². The van der Waals surface area contributed by atoms with E-state index in [1.165, 1.54) is 0 Å². The van der Waals surface area contributed by atoms with Crippen molar-refractivity contribution in [1.82, 2.24) is 4.90 Å². The van der Waals surface area contributed by atoms with Gasteiger partial charge >= 0.3 is 5.97 Å². The summed E-state index contributed by atoms with van der Waals surface area (Å²) in [6, 6.07) is 8.29. The number of hydrogen-bond donors (Lipinski definition) is 1. The summed E-state index contributed by atoms with van der Waals surface area (Å²) >= 11 is 3.42. The zero-order valence-electron chi connectivity index (χ0n) is 12.6. The van der Waals surface area contributed by atoms with Crippen LogP contribution in [0.2, 0.25) is 0 Å². The average molecular weight is 368 g/mol. The number of hydrogen-bond acceptors (Lipinski definition) is 3. The maximum absolute atomic E-state index is 12.0. The fraction of sp³-hybridized carbons (Fsp3) is 0.588. The molecular formula is C17H22BrNO3. The number of ether oxygens (including phenoxy) is 1. The molecule has 0 amide bonds. The van der Waals surface area contributed by atoms with Crippen LogP contribution >= 0.6 is 15.9 Å². The highest BCUT2D eigenvalue weighted by molar-refractivity contribution is 9.10. The van der Waals surface area contributed by atoms with Crippen molar-refractivity contribution in [2.24, 2.45) is 0 Å². The molecule has 0 atom stereocenters. The van der Waals surface area contributed by atoms with Gasteiger partial charge in [0, 0.05) is 23.6 Å². The monoisotopic (exact) mass is 367 g/mol. The summed E-state index contributed by atoms with van der Waals surface area (Å²) in [4.78, 5) is 14.5. The van der Waals surface area contributed by atoms with Gasteiger partial charge in [-0.3, -0.25) is 9.69 Å². The first-order chi connectivity index (χ1) is 10.6. The van der Waals surface area contributed by atoms with E-state index in [0.717, 1.165) is 49.2 Å². The Bertz CT molecular complexity index is 517. The molecule has 5 heteroatoms. The van der Waals surface area contributed by atoms with Crippen LogP contribution < -0.4 is 0 Å². The van der Waals surface area contributed by atoms with Crippen molar-refractivity contribution in [2.75, 3.05) is 26.3 Å². The molecule has 1 saturated heterocycles. The minimum absolute atomic E-state index is 0.506. The predicted molar refractivity (Wildman–Crippen MR) is 88.1 cm³/mol. The predicted octanol–water partition coefficient (Wildman–Crippen LogP) is 3.05. The lowest BCUT2D eigenvalue weighted by Gasteiger charge is -2.42. The number of carbonyl (C=O) groups is 1. The number of halogens is 1. The van der Waals surface area contributed by atoms with Gasteiger partial charge in [0.25, 0.3) is 0 Å². The molecule has 120 valence electrons. The first kappa shape index (κ1) is 16.0. The Kier molecular flexibility index (Phi) is 4.85. The zero-order valence-corrected chi connectivity index (χ0v) is 14.2. The second-order valence-electron chi connectivity index (χ2n) is 6.27. The third kappa shape index (κ3) is 3.07. The Labute approximate surface area is 139 Å². The molecule has 3 rings (SSSR count). The molecule has 0 radical (unpaired) electrons. The highest BCUT2D eigenvalue weighted by Crippen LogP contribution is 2.41. The number of nitrogens with zero attached hydrogens (tertiary/aromatic N) is 1. The molecule has 1 N–H and O–H groups in total. The molecule has 1 aliphatic heterocycles. The van der Waals surface area contributed by atoms with Crippen LogP contribution in [0, 0.1) is 0 Å². The SMILES string of the molecule is O=C(O)C1(c2ccc(Br)cc2)CCC(N2CCOCC2)CC1. The van der Waals surface area contributed by atoms with Gasteiger partial charge in [0.05, 0.1) is 18.6 Å². The van der Waals surface area contributed by atoms with Crippen molar-refractivity contribution in [3.63, 3.8) is 0 Å². The van der Waals surface area contributed by atoms with E-state index in [1.54, 1.807) is 0 Å². The Morgan fingerprint density at radius 3 is 2.32 bits per heavy atom. The maximum Gasteiger partial charge on any atom is 0.314 e. The Balaban J connectivity index is 1.74. The fourth-order valence-electron chi connectivity index (χ4n) is 3.80. The number of benzene rings is 1. The van der Waals surface area contributed by atoms with E-state index in [9.17, 15) is 9.90 Å². The number of rotatable bonds is 3. The molecule has 0 bridgehead atoms. The average Bonchev–Trinajstić information content (AvgIpc) is 2.56. The van der Waals surface area contributed by atoms with Crippen molar-refractivity contribution < 1.29 is 14.6 Å². The molecular weight excluding hydrogens is 346 g/mol. The van der Waals surface area contributed by atoms with Crippen LogP contribution in [-0.4, -0.2) is 48.3 Å². The van der Waals surface area contributed by atoms with Gasteiger partial charge in [0.15, 0.2) is 0 Å². The smallest absolute Gasteiger partial charge is 0.314 e. The molecule has 1 heterocycles. The van der Waals surface area contributed by atoms with Crippen molar-refractivity contribution in [2.45, 2.75) is 37.1 Å². The van der Waals surface area contributed by atoms with Crippen molar-refractivity contribution in [1.29, 1.82) is 0 Å². The third-order valence-electron chi connectivity index (χ3n) is 5.18. The first-order valence-electron chi connectivity index (χ1n) is 7.93. The molecule has 0 spiro atoms. The summed E-state index contributed by atoms with van der Waals surface area (Å²) in [5.74, 6) is -0.685. The van der Waals surface area contributed by atoms with E-state index in [1.807, 2.05) is 24.3 Å². The van der Waals surface area contributed by atoms with Gasteiger partial charge in [-0.2, -0.15) is 0 Å². The van der Waals surface area contributed by atoms with E-state index in [4.69, 9.17) is 4.74 Å². The highest BCUT2D eigenvalue weighted by Gasteiger charge is 2.44. The first-order valence-corrected chi connectivity index (χ1v) is 8.72. The van der Waals surface area contributed by atoms with Gasteiger partial charge in [-0.15, -0.1) is 0 Å². The van der Waals surface area contributed by atoms with Gasteiger partial charge in [-0.05, 0) is 43.4 Å². The molecule has 1 aliphatic carbocycles. The molecule has 2 aliphatic rings. The van der Waals surface area contributed by atoms with Gasteiger partial charge in [-0.1, -0.05) is 28.1 Å². The molecule has 22 heavy (non-hydrogen) atoms.